The van der Waals surface area contributed by atoms with Crippen molar-refractivity contribution in [3.05, 3.63) is 157 Å². The van der Waals surface area contributed by atoms with Crippen LogP contribution in [0.15, 0.2) is 84.9 Å². The molecule has 0 unspecified atom stereocenters. The Morgan fingerprint density at radius 3 is 0.684 bits per heavy atom. The van der Waals surface area contributed by atoms with Gasteiger partial charge in [0.2, 0.25) is 0 Å². The maximum absolute atomic E-state index is 11.9. The quantitative estimate of drug-likeness (QED) is 0.00806. The molecule has 7 aromatic carbocycles. The summed E-state index contributed by atoms with van der Waals surface area (Å²) in [7, 11) is 1.25. The summed E-state index contributed by atoms with van der Waals surface area (Å²) < 4.78 is 34.3. The van der Waals surface area contributed by atoms with Crippen LogP contribution in [0, 0.1) is 41.5 Å². The molecule has 0 amide bonds. The van der Waals surface area contributed by atoms with E-state index in [1.54, 1.807) is 62.3 Å². The molecule has 0 bridgehead atoms. The van der Waals surface area contributed by atoms with Crippen LogP contribution in [-0.4, -0.2) is 165 Å². The number of benzene rings is 7. The lowest BCUT2D eigenvalue weighted by molar-refractivity contribution is 0.0374. The fraction of sp³-hybridized carbons (Fsp3) is 0.443. The summed E-state index contributed by atoms with van der Waals surface area (Å²) in [5, 5.41) is 139. The fourth-order valence-corrected chi connectivity index (χ4v) is 10.2. The Kier molecular flexibility index (Phi) is 48.7. The summed E-state index contributed by atoms with van der Waals surface area (Å²) in [6.07, 6.45) is 21.2. The van der Waals surface area contributed by atoms with Crippen molar-refractivity contribution >= 4 is 41.8 Å². The number of esters is 7. The first kappa shape index (κ1) is 103. The van der Waals surface area contributed by atoms with E-state index < -0.39 is 59.0 Å². The fourth-order valence-electron chi connectivity index (χ4n) is 10.2. The number of aryl methyl sites for hydroxylation is 6. The second kappa shape index (κ2) is 55.4. The van der Waals surface area contributed by atoms with Crippen molar-refractivity contribution in [2.75, 3.05) is 40.1 Å². The normalized spacial score (nSPS) is 10.2. The largest absolute Gasteiger partial charge is 0.504 e. The summed E-state index contributed by atoms with van der Waals surface area (Å²) in [6, 6.07) is 18.2. The molecule has 0 radical (unpaired) electrons. The number of unbranched alkanes of at least 4 members (excludes halogenated alkanes) is 15. The van der Waals surface area contributed by atoms with Crippen LogP contribution in [0.4, 0.5) is 0 Å². The molecular formula is C88H120O29. The lowest BCUT2D eigenvalue weighted by atomic mass is 10.1. The Balaban J connectivity index is 0.000000689. The Morgan fingerprint density at radius 1 is 0.248 bits per heavy atom. The summed E-state index contributed by atoms with van der Waals surface area (Å²) in [5.41, 5.74) is 4.13. The van der Waals surface area contributed by atoms with Gasteiger partial charge in [-0.1, -0.05) is 124 Å². The van der Waals surface area contributed by atoms with Crippen molar-refractivity contribution in [3.8, 4) is 86.2 Å². The monoisotopic (exact) mass is 1640 g/mol. The zero-order valence-corrected chi connectivity index (χ0v) is 69.6. The molecule has 0 aliphatic rings. The molecule has 0 aliphatic heterocycles. The maximum Gasteiger partial charge on any atom is 0.338 e. The highest BCUT2D eigenvalue weighted by atomic mass is 16.6. The third kappa shape index (κ3) is 38.2. The molecule has 0 spiro atoms. The number of ether oxygens (including phenoxy) is 7. The average molecular weight is 1640 g/mol. The minimum Gasteiger partial charge on any atom is -0.504 e. The molecule has 0 saturated heterocycles. The van der Waals surface area contributed by atoms with Gasteiger partial charge in [0.25, 0.3) is 0 Å². The van der Waals surface area contributed by atoms with Crippen LogP contribution in [0.2, 0.25) is 0 Å². The SMILES string of the molecule is CCCCCCCCCCCCOC(=O)c1cc(C)c(O)c(O)c1.CCCCCCCCOC(=O)c1cc(O)c(O)c(O)c1.CCCCOC(=O)c1cc(C)c(O)c(O)c1.CCCOC(=O)c1cc(C)c(O)c(O)c1.CCOC(=O)c1cc(C)c(O)c(O)c1.COC(=O)c1cc(C)c(O)c(O)c1.Cc1cc(C(=O)OC(C)C)cc(O)c1O. The van der Waals surface area contributed by atoms with E-state index in [4.69, 9.17) is 33.5 Å². The van der Waals surface area contributed by atoms with Crippen molar-refractivity contribution in [1.82, 2.24) is 0 Å². The second-order valence-electron chi connectivity index (χ2n) is 27.3. The molecule has 0 saturated carbocycles. The number of phenols is 15. The number of rotatable bonds is 32. The van der Waals surface area contributed by atoms with Crippen LogP contribution in [0.25, 0.3) is 0 Å². The number of methoxy groups -OCH3 is 1. The summed E-state index contributed by atoms with van der Waals surface area (Å²) >= 11 is 0. The van der Waals surface area contributed by atoms with Gasteiger partial charge in [-0.2, -0.15) is 0 Å². The van der Waals surface area contributed by atoms with Crippen molar-refractivity contribution in [2.24, 2.45) is 0 Å². The van der Waals surface area contributed by atoms with Crippen molar-refractivity contribution in [1.29, 1.82) is 0 Å². The first-order valence-corrected chi connectivity index (χ1v) is 38.8. The lowest BCUT2D eigenvalue weighted by Gasteiger charge is -2.09. The number of carbonyl (C=O) groups excluding carboxylic acids is 7. The summed E-state index contributed by atoms with van der Waals surface area (Å²) in [5.74, 6) is -8.43. The first-order chi connectivity index (χ1) is 55.3. The Hall–Kier alpha value is -12.2. The van der Waals surface area contributed by atoms with E-state index in [9.17, 15) is 105 Å². The molecule has 15 N–H and O–H groups in total. The van der Waals surface area contributed by atoms with Crippen molar-refractivity contribution in [2.45, 2.75) is 218 Å². The topological polar surface area (TPSA) is 488 Å². The highest BCUT2D eigenvalue weighted by molar-refractivity contribution is 5.94. The van der Waals surface area contributed by atoms with Gasteiger partial charge in [-0.3, -0.25) is 0 Å². The van der Waals surface area contributed by atoms with E-state index >= 15 is 0 Å². The van der Waals surface area contributed by atoms with Gasteiger partial charge in [-0.15, -0.1) is 0 Å². The van der Waals surface area contributed by atoms with Gasteiger partial charge in [0, 0.05) is 0 Å². The third-order valence-corrected chi connectivity index (χ3v) is 16.8. The highest BCUT2D eigenvalue weighted by Gasteiger charge is 2.20. The van der Waals surface area contributed by atoms with Crippen LogP contribution in [-0.2, 0) is 33.2 Å². The summed E-state index contributed by atoms with van der Waals surface area (Å²) in [4.78, 5) is 80.2. The van der Waals surface area contributed by atoms with Crippen LogP contribution in [0.1, 0.15) is 276 Å². The van der Waals surface area contributed by atoms with Crippen LogP contribution in [0.5, 0.6) is 86.2 Å². The smallest absolute Gasteiger partial charge is 0.338 e. The molecule has 646 valence electrons. The number of phenolic OH excluding ortho intramolecular Hbond substituents is 15. The van der Waals surface area contributed by atoms with Gasteiger partial charge in [0.15, 0.2) is 86.2 Å². The van der Waals surface area contributed by atoms with Gasteiger partial charge in [-0.05, 0) is 206 Å². The van der Waals surface area contributed by atoms with Crippen molar-refractivity contribution < 1.29 is 143 Å². The van der Waals surface area contributed by atoms with E-state index in [2.05, 4.69) is 18.6 Å². The minimum absolute atomic E-state index is 0.0174. The number of carbonyl (C=O) groups is 7. The van der Waals surface area contributed by atoms with Crippen molar-refractivity contribution in [3.63, 3.8) is 0 Å². The van der Waals surface area contributed by atoms with Gasteiger partial charge >= 0.3 is 41.8 Å². The number of aromatic hydroxyl groups is 15. The second-order valence-corrected chi connectivity index (χ2v) is 27.3. The van der Waals surface area contributed by atoms with E-state index in [1.807, 2.05) is 13.8 Å². The Morgan fingerprint density at radius 2 is 0.453 bits per heavy atom. The standard InChI is InChI=1S/C20H32O4.C15H22O5.C12H16O4.2C11H14O4.C10H12O4.C9H10O4/c1-3-4-5-6-7-8-9-10-11-12-13-24-20(23)17-14-16(2)19(22)18(21)15-17;1-2-3-4-5-6-7-8-20-15(19)11-9-12(16)14(18)13(17)10-11;1-3-4-5-16-12(15)9-6-8(2)11(14)10(13)7-9;1-6(2)15-11(14)8-4-7(3)10(13)9(12)5-8;1-3-4-15-11(14)8-5-7(2)10(13)9(12)6-8;1-3-14-10(13)7-4-6(2)9(12)8(11)5-7;1-5-3-6(9(12)13-2)4-7(10)8(5)11/h14-15,21-22H,3-13H2,1-2H3;9-10,16-18H,2-8H2,1H3;6-7,13-14H,3-5H2,1-2H3;4-6,12-13H,1-3H3;5-6,12-13H,3-4H2,1-2H3;4-5,11-12H,3H2,1-2H3;3-4,10-11H,1-2H3. The van der Waals surface area contributed by atoms with E-state index in [1.165, 1.54) is 144 Å². The molecule has 0 aliphatic carbocycles. The predicted molar refractivity (Wildman–Crippen MR) is 438 cm³/mol. The Labute approximate surface area is 683 Å². The number of hydrogen-bond donors (Lipinski definition) is 15. The van der Waals surface area contributed by atoms with E-state index in [-0.39, 0.29) is 121 Å². The van der Waals surface area contributed by atoms with Gasteiger partial charge in [-0.25, -0.2) is 33.6 Å². The van der Waals surface area contributed by atoms with Gasteiger partial charge in [0.1, 0.15) is 0 Å². The molecule has 7 rings (SSSR count). The zero-order valence-electron chi connectivity index (χ0n) is 69.6. The molecule has 117 heavy (non-hydrogen) atoms. The zero-order chi connectivity index (χ0) is 88.6. The van der Waals surface area contributed by atoms with Crippen LogP contribution < -0.4 is 0 Å². The molecule has 0 aromatic heterocycles. The van der Waals surface area contributed by atoms with Gasteiger partial charge < -0.3 is 110 Å². The average Bonchev–Trinajstić information content (AvgIpc) is 0.894. The Bertz CT molecular complexity index is 4130. The first-order valence-electron chi connectivity index (χ1n) is 38.8. The molecule has 0 fully saturated rings. The number of hydrogen-bond acceptors (Lipinski definition) is 29. The third-order valence-electron chi connectivity index (χ3n) is 16.8. The minimum atomic E-state index is -0.641. The van der Waals surface area contributed by atoms with E-state index in [0.717, 1.165) is 69.6 Å². The predicted octanol–water partition coefficient (Wildman–Crippen LogP) is 17.9. The van der Waals surface area contributed by atoms with Crippen LogP contribution in [0.3, 0.4) is 0 Å². The van der Waals surface area contributed by atoms with E-state index in [0.29, 0.717) is 59.8 Å². The molecule has 0 heterocycles. The van der Waals surface area contributed by atoms with Crippen LogP contribution >= 0.6 is 0 Å². The lowest BCUT2D eigenvalue weighted by Crippen LogP contribution is -2.11. The summed E-state index contributed by atoms with van der Waals surface area (Å²) in [6.45, 7) is 24.8. The maximum atomic E-state index is 11.9. The van der Waals surface area contributed by atoms with Gasteiger partial charge in [0.05, 0.1) is 85.2 Å². The highest BCUT2D eigenvalue weighted by Crippen LogP contribution is 2.38. The molecule has 29 nitrogen and oxygen atoms in total. The molecular weight excluding hydrogens is 1520 g/mol. The molecule has 7 aromatic rings. The molecule has 29 heteroatoms. The molecule has 0 atom stereocenters.